The molecule has 124 valence electrons. The Hall–Kier alpha value is -2.60. The number of aryl methyl sites for hydroxylation is 1. The molecule has 2 aromatic heterocycles. The predicted molar refractivity (Wildman–Crippen MR) is 92.7 cm³/mol. The third kappa shape index (κ3) is 3.33. The summed E-state index contributed by atoms with van der Waals surface area (Å²) >= 11 is 5.89. The Bertz CT molecular complexity index is 837. The second-order valence-corrected chi connectivity index (χ2v) is 5.91. The van der Waals surface area contributed by atoms with E-state index < -0.39 is 0 Å². The number of amides is 1. The molecule has 1 N–H and O–H groups in total. The van der Waals surface area contributed by atoms with Gasteiger partial charge in [0.1, 0.15) is 5.69 Å². The van der Waals surface area contributed by atoms with Gasteiger partial charge in [-0.3, -0.25) is 14.6 Å². The molecule has 1 aromatic carbocycles. The number of nitrogens with zero attached hydrogens (tertiary/aromatic N) is 4. The Morgan fingerprint density at radius 1 is 1.29 bits per heavy atom. The Kier molecular flexibility index (Phi) is 4.66. The smallest absolute Gasteiger partial charge is 0.271 e. The summed E-state index contributed by atoms with van der Waals surface area (Å²) in [5, 5.41) is 11.9. The van der Waals surface area contributed by atoms with Crippen molar-refractivity contribution in [1.29, 1.82) is 0 Å². The normalized spacial score (nSPS) is 10.8. The van der Waals surface area contributed by atoms with Crippen LogP contribution in [-0.2, 0) is 13.1 Å². The van der Waals surface area contributed by atoms with Gasteiger partial charge < -0.3 is 4.90 Å². The van der Waals surface area contributed by atoms with E-state index in [-0.39, 0.29) is 5.91 Å². The molecule has 0 saturated carbocycles. The molecule has 6 nitrogen and oxygen atoms in total. The van der Waals surface area contributed by atoms with E-state index in [0.717, 1.165) is 17.8 Å². The van der Waals surface area contributed by atoms with Gasteiger partial charge >= 0.3 is 0 Å². The first kappa shape index (κ1) is 16.3. The molecule has 1 amide bonds. The van der Waals surface area contributed by atoms with Crippen LogP contribution in [0.4, 0.5) is 0 Å². The number of rotatable bonds is 5. The van der Waals surface area contributed by atoms with Crippen LogP contribution in [0.5, 0.6) is 0 Å². The van der Waals surface area contributed by atoms with Crippen molar-refractivity contribution in [3.05, 3.63) is 59.0 Å². The summed E-state index contributed by atoms with van der Waals surface area (Å²) in [4.78, 5) is 14.2. The Morgan fingerprint density at radius 3 is 2.75 bits per heavy atom. The first-order chi connectivity index (χ1) is 11.6. The lowest BCUT2D eigenvalue weighted by Gasteiger charge is -2.16. The fraction of sp³-hybridized carbons (Fsp3) is 0.235. The van der Waals surface area contributed by atoms with Gasteiger partial charge in [-0.15, -0.1) is 0 Å². The number of hydrogen-bond acceptors (Lipinski definition) is 3. The summed E-state index contributed by atoms with van der Waals surface area (Å²) in [6, 6.07) is 11.0. The molecule has 0 radical (unpaired) electrons. The number of carbonyl (C=O) groups is 1. The molecule has 3 aromatic rings. The summed E-state index contributed by atoms with van der Waals surface area (Å²) in [6.07, 6.45) is 1.74. The number of carbonyl (C=O) groups excluding carboxylic acids is 1. The van der Waals surface area contributed by atoms with Crippen LogP contribution in [0.15, 0.2) is 42.6 Å². The first-order valence-electron chi connectivity index (χ1n) is 7.66. The van der Waals surface area contributed by atoms with Crippen molar-refractivity contribution >= 4 is 17.5 Å². The molecule has 2 heterocycles. The number of H-pyrrole nitrogens is 1. The number of halogens is 1. The zero-order valence-corrected chi connectivity index (χ0v) is 14.3. The molecule has 0 atom stereocenters. The van der Waals surface area contributed by atoms with Gasteiger partial charge in [-0.25, -0.2) is 0 Å². The largest absolute Gasteiger partial charge is 0.335 e. The molecule has 3 rings (SSSR count). The van der Waals surface area contributed by atoms with Crippen molar-refractivity contribution in [1.82, 2.24) is 24.9 Å². The van der Waals surface area contributed by atoms with Gasteiger partial charge in [0.05, 0.1) is 17.9 Å². The van der Waals surface area contributed by atoms with Gasteiger partial charge in [0.25, 0.3) is 5.91 Å². The van der Waals surface area contributed by atoms with E-state index in [4.69, 9.17) is 11.6 Å². The van der Waals surface area contributed by atoms with Crippen LogP contribution in [-0.4, -0.2) is 37.8 Å². The zero-order chi connectivity index (χ0) is 17.1. The zero-order valence-electron chi connectivity index (χ0n) is 13.5. The van der Waals surface area contributed by atoms with E-state index in [9.17, 15) is 4.79 Å². The molecule has 0 aliphatic rings. The van der Waals surface area contributed by atoms with Gasteiger partial charge in [-0.1, -0.05) is 23.7 Å². The fourth-order valence-corrected chi connectivity index (χ4v) is 2.63. The Morgan fingerprint density at radius 2 is 2.04 bits per heavy atom. The number of hydrogen-bond donors (Lipinski definition) is 1. The summed E-state index contributed by atoms with van der Waals surface area (Å²) in [7, 11) is 1.76. The van der Waals surface area contributed by atoms with Gasteiger partial charge in [0.2, 0.25) is 0 Å². The van der Waals surface area contributed by atoms with Crippen molar-refractivity contribution < 1.29 is 4.79 Å². The highest BCUT2D eigenvalue weighted by Crippen LogP contribution is 2.20. The van der Waals surface area contributed by atoms with E-state index >= 15 is 0 Å². The van der Waals surface area contributed by atoms with Gasteiger partial charge in [-0.2, -0.15) is 10.2 Å². The van der Waals surface area contributed by atoms with Crippen LogP contribution in [0, 0.1) is 0 Å². The molecule has 0 fully saturated rings. The summed E-state index contributed by atoms with van der Waals surface area (Å²) in [5.74, 6) is -0.119. The minimum absolute atomic E-state index is 0.119. The third-order valence-electron chi connectivity index (χ3n) is 3.80. The van der Waals surface area contributed by atoms with E-state index in [2.05, 4.69) is 15.3 Å². The van der Waals surface area contributed by atoms with Gasteiger partial charge in [0, 0.05) is 30.4 Å². The molecule has 7 heteroatoms. The second kappa shape index (κ2) is 6.88. The maximum Gasteiger partial charge on any atom is 0.271 e. The lowest BCUT2D eigenvalue weighted by molar-refractivity contribution is 0.0775. The topological polar surface area (TPSA) is 66.8 Å². The van der Waals surface area contributed by atoms with E-state index in [0.29, 0.717) is 23.0 Å². The van der Waals surface area contributed by atoms with E-state index in [1.54, 1.807) is 36.3 Å². The maximum atomic E-state index is 12.6. The molecular formula is C17H18ClN5O. The fourth-order valence-electron chi connectivity index (χ4n) is 2.50. The molecule has 24 heavy (non-hydrogen) atoms. The molecule has 0 saturated heterocycles. The van der Waals surface area contributed by atoms with Crippen LogP contribution < -0.4 is 0 Å². The molecule has 0 bridgehead atoms. The SMILES string of the molecule is CCn1nccc1CN(C)C(=O)c1cc(-c2ccc(Cl)cc2)n[nH]1. The second-order valence-electron chi connectivity index (χ2n) is 5.47. The summed E-state index contributed by atoms with van der Waals surface area (Å²) in [6.45, 7) is 3.28. The lowest BCUT2D eigenvalue weighted by Crippen LogP contribution is -2.27. The van der Waals surface area contributed by atoms with Crippen LogP contribution in [0.1, 0.15) is 23.1 Å². The average molecular weight is 344 g/mol. The Balaban J connectivity index is 1.74. The summed E-state index contributed by atoms with van der Waals surface area (Å²) < 4.78 is 1.87. The highest BCUT2D eigenvalue weighted by Gasteiger charge is 2.17. The van der Waals surface area contributed by atoms with Crippen molar-refractivity contribution in [2.24, 2.45) is 0 Å². The van der Waals surface area contributed by atoms with Crippen molar-refractivity contribution in [2.45, 2.75) is 20.0 Å². The molecule has 0 unspecified atom stereocenters. The third-order valence-corrected chi connectivity index (χ3v) is 4.05. The van der Waals surface area contributed by atoms with Crippen LogP contribution >= 0.6 is 11.6 Å². The van der Waals surface area contributed by atoms with Gasteiger partial charge in [-0.05, 0) is 31.2 Å². The van der Waals surface area contributed by atoms with Crippen molar-refractivity contribution in [3.63, 3.8) is 0 Å². The molecule has 0 spiro atoms. The highest BCUT2D eigenvalue weighted by molar-refractivity contribution is 6.30. The number of aromatic amines is 1. The minimum Gasteiger partial charge on any atom is -0.335 e. The lowest BCUT2D eigenvalue weighted by atomic mass is 10.1. The molecular weight excluding hydrogens is 326 g/mol. The monoisotopic (exact) mass is 343 g/mol. The molecule has 0 aliphatic heterocycles. The van der Waals surface area contributed by atoms with E-state index in [1.165, 1.54) is 0 Å². The number of benzene rings is 1. The summed E-state index contributed by atoms with van der Waals surface area (Å²) in [5.41, 5.74) is 3.05. The van der Waals surface area contributed by atoms with Gasteiger partial charge in [0.15, 0.2) is 0 Å². The Labute approximate surface area is 145 Å². The molecule has 0 aliphatic carbocycles. The number of nitrogens with one attached hydrogen (secondary N) is 1. The van der Waals surface area contributed by atoms with Crippen molar-refractivity contribution in [3.8, 4) is 11.3 Å². The number of aromatic nitrogens is 4. The predicted octanol–water partition coefficient (Wildman–Crippen LogP) is 3.22. The minimum atomic E-state index is -0.119. The maximum absolute atomic E-state index is 12.6. The van der Waals surface area contributed by atoms with Crippen LogP contribution in [0.25, 0.3) is 11.3 Å². The van der Waals surface area contributed by atoms with E-state index in [1.807, 2.05) is 29.8 Å². The standard InChI is InChI=1S/C17H18ClN5O/c1-3-23-14(8-9-19-23)11-22(2)17(24)16-10-15(20-21-16)12-4-6-13(18)7-5-12/h4-10H,3,11H2,1-2H3,(H,20,21). The first-order valence-corrected chi connectivity index (χ1v) is 8.03. The van der Waals surface area contributed by atoms with Crippen molar-refractivity contribution in [2.75, 3.05) is 7.05 Å². The van der Waals surface area contributed by atoms with Crippen LogP contribution in [0.3, 0.4) is 0 Å². The average Bonchev–Trinajstić information content (AvgIpc) is 3.24. The quantitative estimate of drug-likeness (QED) is 0.773. The highest BCUT2D eigenvalue weighted by atomic mass is 35.5. The van der Waals surface area contributed by atoms with Crippen LogP contribution in [0.2, 0.25) is 5.02 Å².